The predicted molar refractivity (Wildman–Crippen MR) is 95.8 cm³/mol. The Kier molecular flexibility index (Phi) is 4.87. The maximum Gasteiger partial charge on any atom is 0.341 e. The normalized spacial score (nSPS) is 24.3. The SMILES string of the molecule is CCOC(=O)c1cnn(-c2nc(N)c3ncn([C@@H]4O[C@H](CO)[C@@H](O)[C@@H]4O)c3n2)c1. The van der Waals surface area contributed by atoms with Crippen LogP contribution in [-0.4, -0.2) is 82.1 Å². The van der Waals surface area contributed by atoms with Gasteiger partial charge in [-0.3, -0.25) is 4.57 Å². The summed E-state index contributed by atoms with van der Waals surface area (Å²) in [6.07, 6.45) is -0.542. The van der Waals surface area contributed by atoms with Crippen molar-refractivity contribution in [3.8, 4) is 5.95 Å². The van der Waals surface area contributed by atoms with Crippen LogP contribution in [0.3, 0.4) is 0 Å². The highest BCUT2D eigenvalue weighted by Crippen LogP contribution is 2.32. The molecule has 0 unspecified atom stereocenters. The summed E-state index contributed by atoms with van der Waals surface area (Å²) in [6.45, 7) is 1.45. The van der Waals surface area contributed by atoms with Gasteiger partial charge in [-0.05, 0) is 6.92 Å². The van der Waals surface area contributed by atoms with Crippen molar-refractivity contribution in [3.05, 3.63) is 24.3 Å². The minimum absolute atomic E-state index is 0.0451. The van der Waals surface area contributed by atoms with Crippen LogP contribution in [0.4, 0.5) is 5.82 Å². The predicted octanol–water partition coefficient (Wildman–Crippen LogP) is -1.62. The van der Waals surface area contributed by atoms with Gasteiger partial charge in [0.2, 0.25) is 0 Å². The molecule has 1 saturated heterocycles. The summed E-state index contributed by atoms with van der Waals surface area (Å²) in [5, 5.41) is 33.6. The summed E-state index contributed by atoms with van der Waals surface area (Å²) in [7, 11) is 0. The van der Waals surface area contributed by atoms with Gasteiger partial charge < -0.3 is 30.5 Å². The molecular formula is C16H19N7O6. The molecule has 0 amide bonds. The molecule has 0 aromatic carbocycles. The van der Waals surface area contributed by atoms with Crippen LogP contribution >= 0.6 is 0 Å². The number of anilines is 1. The standard InChI is InChI=1S/C16H19N7O6/c1-2-28-15(27)7-3-19-23(4-7)16-20-12(17)9-13(21-16)22(6-18-9)14-11(26)10(25)8(5-24)29-14/h3-4,6,8,10-11,14,24-26H,2,5H2,1H3,(H2,17,20,21)/t8-,10-,11+,14-/m1/s1. The Balaban J connectivity index is 1.74. The van der Waals surface area contributed by atoms with Crippen molar-refractivity contribution in [3.63, 3.8) is 0 Å². The van der Waals surface area contributed by atoms with Crippen LogP contribution in [0.5, 0.6) is 0 Å². The number of nitrogens with zero attached hydrogens (tertiary/aromatic N) is 6. The molecule has 0 saturated carbocycles. The molecule has 3 aromatic rings. The second kappa shape index (κ2) is 7.36. The lowest BCUT2D eigenvalue weighted by Crippen LogP contribution is -2.33. The van der Waals surface area contributed by atoms with E-state index in [-0.39, 0.29) is 35.1 Å². The van der Waals surface area contributed by atoms with Crippen molar-refractivity contribution in [2.24, 2.45) is 0 Å². The quantitative estimate of drug-likeness (QED) is 0.358. The van der Waals surface area contributed by atoms with Gasteiger partial charge in [0.15, 0.2) is 17.7 Å². The van der Waals surface area contributed by atoms with Crippen LogP contribution in [0.15, 0.2) is 18.7 Å². The van der Waals surface area contributed by atoms with E-state index in [0.717, 1.165) is 0 Å². The Morgan fingerprint density at radius 2 is 2.14 bits per heavy atom. The van der Waals surface area contributed by atoms with E-state index in [1.165, 1.54) is 28.0 Å². The second-order valence-electron chi connectivity index (χ2n) is 6.36. The number of nitrogen functional groups attached to an aromatic ring is 1. The number of aliphatic hydroxyl groups excluding tert-OH is 3. The van der Waals surface area contributed by atoms with E-state index < -0.39 is 37.1 Å². The van der Waals surface area contributed by atoms with Crippen molar-refractivity contribution in [1.29, 1.82) is 0 Å². The molecule has 4 rings (SSSR count). The molecule has 4 atom stereocenters. The van der Waals surface area contributed by atoms with E-state index in [0.29, 0.717) is 0 Å². The molecule has 1 aliphatic heterocycles. The van der Waals surface area contributed by atoms with Gasteiger partial charge in [-0.2, -0.15) is 15.1 Å². The molecular weight excluding hydrogens is 386 g/mol. The number of hydrogen-bond acceptors (Lipinski definition) is 11. The lowest BCUT2D eigenvalue weighted by Gasteiger charge is -2.16. The molecule has 13 heteroatoms. The molecule has 0 bridgehead atoms. The number of fused-ring (bicyclic) bond motifs is 1. The zero-order chi connectivity index (χ0) is 20.7. The van der Waals surface area contributed by atoms with E-state index in [4.69, 9.17) is 15.2 Å². The number of nitrogens with two attached hydrogens (primary N) is 1. The van der Waals surface area contributed by atoms with Gasteiger partial charge >= 0.3 is 5.97 Å². The molecule has 0 spiro atoms. The highest BCUT2D eigenvalue weighted by atomic mass is 16.6. The van der Waals surface area contributed by atoms with Gasteiger partial charge in [0.25, 0.3) is 5.95 Å². The lowest BCUT2D eigenvalue weighted by atomic mass is 10.1. The van der Waals surface area contributed by atoms with Crippen LogP contribution in [0, 0.1) is 0 Å². The lowest BCUT2D eigenvalue weighted by molar-refractivity contribution is -0.0511. The number of rotatable bonds is 5. The van der Waals surface area contributed by atoms with Gasteiger partial charge in [0.05, 0.1) is 31.3 Å². The molecule has 4 heterocycles. The van der Waals surface area contributed by atoms with E-state index in [2.05, 4.69) is 20.1 Å². The van der Waals surface area contributed by atoms with Crippen LogP contribution < -0.4 is 5.73 Å². The van der Waals surface area contributed by atoms with Crippen LogP contribution in [0.1, 0.15) is 23.5 Å². The third kappa shape index (κ3) is 3.19. The van der Waals surface area contributed by atoms with E-state index >= 15 is 0 Å². The second-order valence-corrected chi connectivity index (χ2v) is 6.36. The number of carbonyl (C=O) groups is 1. The van der Waals surface area contributed by atoms with Gasteiger partial charge in [-0.25, -0.2) is 14.5 Å². The summed E-state index contributed by atoms with van der Waals surface area (Å²) in [5.41, 5.74) is 6.67. The first kappa shape index (κ1) is 19.2. The fourth-order valence-corrected chi connectivity index (χ4v) is 3.08. The van der Waals surface area contributed by atoms with Crippen LogP contribution in [0.2, 0.25) is 0 Å². The summed E-state index contributed by atoms with van der Waals surface area (Å²) in [6, 6.07) is 0. The maximum absolute atomic E-state index is 11.8. The first-order valence-electron chi connectivity index (χ1n) is 8.79. The number of aromatic nitrogens is 6. The molecule has 0 aliphatic carbocycles. The zero-order valence-corrected chi connectivity index (χ0v) is 15.3. The monoisotopic (exact) mass is 405 g/mol. The van der Waals surface area contributed by atoms with Crippen molar-refractivity contribution in [2.75, 3.05) is 18.9 Å². The fourth-order valence-electron chi connectivity index (χ4n) is 3.08. The Morgan fingerprint density at radius 1 is 1.34 bits per heavy atom. The molecule has 154 valence electrons. The van der Waals surface area contributed by atoms with Crippen LogP contribution in [0.25, 0.3) is 17.1 Å². The number of esters is 1. The average Bonchev–Trinajstić information content (AvgIpc) is 3.41. The molecule has 13 nitrogen and oxygen atoms in total. The smallest absolute Gasteiger partial charge is 0.341 e. The summed E-state index contributed by atoms with van der Waals surface area (Å²) in [5.74, 6) is -0.438. The Morgan fingerprint density at radius 3 is 2.83 bits per heavy atom. The molecule has 0 radical (unpaired) electrons. The maximum atomic E-state index is 11.8. The molecule has 5 N–H and O–H groups in total. The zero-order valence-electron chi connectivity index (χ0n) is 15.3. The van der Waals surface area contributed by atoms with Gasteiger partial charge in [-0.1, -0.05) is 0 Å². The third-order valence-corrected chi connectivity index (χ3v) is 4.53. The van der Waals surface area contributed by atoms with E-state index in [9.17, 15) is 20.1 Å². The van der Waals surface area contributed by atoms with Gasteiger partial charge in [0.1, 0.15) is 23.8 Å². The number of aliphatic hydroxyl groups is 3. The Bertz CT molecular complexity index is 1050. The average molecular weight is 405 g/mol. The summed E-state index contributed by atoms with van der Waals surface area (Å²) >= 11 is 0. The highest BCUT2D eigenvalue weighted by Gasteiger charge is 2.44. The molecule has 3 aromatic heterocycles. The minimum Gasteiger partial charge on any atom is -0.462 e. The molecule has 29 heavy (non-hydrogen) atoms. The van der Waals surface area contributed by atoms with Crippen molar-refractivity contribution < 1.29 is 29.6 Å². The number of imidazole rings is 1. The molecule has 1 aliphatic rings. The number of hydrogen-bond donors (Lipinski definition) is 4. The van der Waals surface area contributed by atoms with Crippen molar-refractivity contribution in [1.82, 2.24) is 29.3 Å². The number of carbonyl (C=O) groups excluding carboxylic acids is 1. The topological polar surface area (TPSA) is 184 Å². The van der Waals surface area contributed by atoms with Crippen LogP contribution in [-0.2, 0) is 9.47 Å². The summed E-state index contributed by atoms with van der Waals surface area (Å²) in [4.78, 5) is 24.5. The minimum atomic E-state index is -1.32. The highest BCUT2D eigenvalue weighted by molar-refractivity contribution is 5.89. The van der Waals surface area contributed by atoms with Crippen molar-refractivity contribution in [2.45, 2.75) is 31.5 Å². The summed E-state index contributed by atoms with van der Waals surface area (Å²) < 4.78 is 13.1. The van der Waals surface area contributed by atoms with E-state index in [1.54, 1.807) is 6.92 Å². The number of ether oxygens (including phenoxy) is 2. The van der Waals surface area contributed by atoms with Gasteiger partial charge in [0, 0.05) is 6.20 Å². The third-order valence-electron chi connectivity index (χ3n) is 4.53. The molecule has 1 fully saturated rings. The van der Waals surface area contributed by atoms with E-state index in [1.807, 2.05) is 0 Å². The largest absolute Gasteiger partial charge is 0.462 e. The fraction of sp³-hybridized carbons (Fsp3) is 0.438. The Labute approximate surface area is 163 Å². The first-order valence-corrected chi connectivity index (χ1v) is 8.79. The first-order chi connectivity index (χ1) is 13.9. The Hall–Kier alpha value is -3.13. The van der Waals surface area contributed by atoms with Crippen molar-refractivity contribution >= 4 is 23.0 Å². The van der Waals surface area contributed by atoms with Gasteiger partial charge in [-0.15, -0.1) is 0 Å².